The first-order valence-corrected chi connectivity index (χ1v) is 7.07. The molecule has 0 aliphatic carbocycles. The Bertz CT molecular complexity index is 556. The van der Waals surface area contributed by atoms with Gasteiger partial charge in [-0.2, -0.15) is 13.2 Å². The Labute approximate surface area is 136 Å². The number of rotatable bonds is 4. The SMILES string of the molecule is Cl.O=C(CCc1cc(C2CCNCC2)c(F)cc1F)C(F)(F)F. The maximum atomic E-state index is 13.9. The first-order chi connectivity index (χ1) is 10.3. The molecule has 0 unspecified atom stereocenters. The zero-order valence-electron chi connectivity index (χ0n) is 12.2. The van der Waals surface area contributed by atoms with Gasteiger partial charge in [-0.1, -0.05) is 0 Å². The average molecular weight is 358 g/mol. The van der Waals surface area contributed by atoms with Crippen molar-refractivity contribution in [3.05, 3.63) is 34.9 Å². The lowest BCUT2D eigenvalue weighted by Crippen LogP contribution is -2.27. The molecule has 0 bridgehead atoms. The number of alkyl halides is 3. The van der Waals surface area contributed by atoms with Crippen molar-refractivity contribution in [1.29, 1.82) is 0 Å². The largest absolute Gasteiger partial charge is 0.449 e. The third kappa shape index (κ3) is 5.14. The van der Waals surface area contributed by atoms with E-state index in [4.69, 9.17) is 0 Å². The lowest BCUT2D eigenvalue weighted by Gasteiger charge is -2.24. The fraction of sp³-hybridized carbons (Fsp3) is 0.533. The smallest absolute Gasteiger partial charge is 0.317 e. The van der Waals surface area contributed by atoms with Crippen LogP contribution >= 0.6 is 12.4 Å². The van der Waals surface area contributed by atoms with Gasteiger partial charge in [-0.25, -0.2) is 8.78 Å². The highest BCUT2D eigenvalue weighted by Crippen LogP contribution is 2.30. The predicted octanol–water partition coefficient (Wildman–Crippen LogP) is 3.92. The number of hydrogen-bond donors (Lipinski definition) is 1. The molecule has 0 saturated carbocycles. The van der Waals surface area contributed by atoms with E-state index in [0.717, 1.165) is 0 Å². The van der Waals surface area contributed by atoms with E-state index in [1.165, 1.54) is 6.07 Å². The van der Waals surface area contributed by atoms with Gasteiger partial charge < -0.3 is 5.32 Å². The van der Waals surface area contributed by atoms with Gasteiger partial charge in [-0.15, -0.1) is 12.4 Å². The van der Waals surface area contributed by atoms with E-state index in [9.17, 15) is 26.7 Å². The molecule has 1 aliphatic heterocycles. The van der Waals surface area contributed by atoms with Crippen LogP contribution in [0.2, 0.25) is 0 Å². The number of hydrogen-bond acceptors (Lipinski definition) is 2. The zero-order chi connectivity index (χ0) is 16.3. The number of carbonyl (C=O) groups excluding carboxylic acids is 1. The topological polar surface area (TPSA) is 29.1 Å². The predicted molar refractivity (Wildman–Crippen MR) is 77.8 cm³/mol. The summed E-state index contributed by atoms with van der Waals surface area (Å²) in [6, 6.07) is 1.97. The van der Waals surface area contributed by atoms with Gasteiger partial charge in [-0.05, 0) is 55.5 Å². The van der Waals surface area contributed by atoms with Crippen molar-refractivity contribution in [3.8, 4) is 0 Å². The van der Waals surface area contributed by atoms with Crippen LogP contribution in [-0.2, 0) is 11.2 Å². The average Bonchev–Trinajstić information content (AvgIpc) is 2.46. The van der Waals surface area contributed by atoms with E-state index in [2.05, 4.69) is 5.32 Å². The minimum atomic E-state index is -4.92. The molecule has 1 fully saturated rings. The number of nitrogens with one attached hydrogen (secondary N) is 1. The lowest BCUT2D eigenvalue weighted by atomic mass is 9.88. The molecule has 1 heterocycles. The number of carbonyl (C=O) groups is 1. The van der Waals surface area contributed by atoms with E-state index < -0.39 is 30.0 Å². The quantitative estimate of drug-likeness (QED) is 0.828. The summed E-state index contributed by atoms with van der Waals surface area (Å²) >= 11 is 0. The summed E-state index contributed by atoms with van der Waals surface area (Å²) in [5.41, 5.74) is 0.268. The molecule has 0 atom stereocenters. The number of piperidine rings is 1. The van der Waals surface area contributed by atoms with Crippen molar-refractivity contribution in [3.63, 3.8) is 0 Å². The Morgan fingerprint density at radius 2 is 1.74 bits per heavy atom. The number of benzene rings is 1. The molecule has 1 saturated heterocycles. The molecule has 0 radical (unpaired) electrons. The second-order valence-electron chi connectivity index (χ2n) is 5.41. The monoisotopic (exact) mass is 357 g/mol. The van der Waals surface area contributed by atoms with Crippen molar-refractivity contribution < 1.29 is 26.7 Å². The Morgan fingerprint density at radius 1 is 1.13 bits per heavy atom. The Morgan fingerprint density at radius 3 is 2.30 bits per heavy atom. The van der Waals surface area contributed by atoms with Crippen LogP contribution in [-0.4, -0.2) is 25.0 Å². The van der Waals surface area contributed by atoms with Gasteiger partial charge >= 0.3 is 6.18 Å². The molecule has 0 amide bonds. The summed E-state index contributed by atoms with van der Waals surface area (Å²) in [7, 11) is 0. The van der Waals surface area contributed by atoms with Crippen LogP contribution in [0, 0.1) is 11.6 Å². The van der Waals surface area contributed by atoms with Crippen LogP contribution in [0.4, 0.5) is 22.0 Å². The van der Waals surface area contributed by atoms with E-state index >= 15 is 0 Å². The van der Waals surface area contributed by atoms with E-state index in [-0.39, 0.29) is 30.3 Å². The number of Topliss-reactive ketones (excluding diaryl/α,β-unsaturated/α-hetero) is 1. The van der Waals surface area contributed by atoms with Gasteiger partial charge in [0.1, 0.15) is 11.6 Å². The number of halogens is 6. The minimum Gasteiger partial charge on any atom is -0.317 e. The lowest BCUT2D eigenvalue weighted by molar-refractivity contribution is -0.171. The fourth-order valence-corrected chi connectivity index (χ4v) is 2.64. The first-order valence-electron chi connectivity index (χ1n) is 7.07. The normalized spacial score (nSPS) is 16.0. The van der Waals surface area contributed by atoms with Crippen LogP contribution in [0.1, 0.15) is 36.3 Å². The number of ketones is 1. The summed E-state index contributed by atoms with van der Waals surface area (Å²) in [6.45, 7) is 1.42. The maximum Gasteiger partial charge on any atom is 0.449 e. The maximum absolute atomic E-state index is 13.9. The van der Waals surface area contributed by atoms with Crippen molar-refractivity contribution in [2.75, 3.05) is 13.1 Å². The molecule has 0 spiro atoms. The highest BCUT2D eigenvalue weighted by atomic mass is 35.5. The summed E-state index contributed by atoms with van der Waals surface area (Å²) in [5.74, 6) is -3.58. The van der Waals surface area contributed by atoms with Gasteiger partial charge in [0.25, 0.3) is 0 Å². The molecule has 1 N–H and O–H groups in total. The number of aryl methyl sites for hydroxylation is 1. The summed E-state index contributed by atoms with van der Waals surface area (Å²) < 4.78 is 64.1. The second kappa shape index (κ2) is 8.06. The van der Waals surface area contributed by atoms with Crippen molar-refractivity contribution in [1.82, 2.24) is 5.32 Å². The van der Waals surface area contributed by atoms with Crippen molar-refractivity contribution >= 4 is 18.2 Å². The molecule has 2 rings (SSSR count). The third-order valence-corrected chi connectivity index (χ3v) is 3.88. The zero-order valence-corrected chi connectivity index (χ0v) is 13.0. The van der Waals surface area contributed by atoms with Crippen LogP contribution in [0.3, 0.4) is 0 Å². The molecule has 1 aromatic carbocycles. The Hall–Kier alpha value is -1.21. The fourth-order valence-electron chi connectivity index (χ4n) is 2.64. The summed E-state index contributed by atoms with van der Waals surface area (Å²) in [6.07, 6.45) is -4.78. The van der Waals surface area contributed by atoms with E-state index in [1.807, 2.05) is 0 Å². The molecule has 0 aromatic heterocycles. The molecule has 1 aliphatic rings. The molecule has 2 nitrogen and oxygen atoms in total. The van der Waals surface area contributed by atoms with Crippen molar-refractivity contribution in [2.24, 2.45) is 0 Å². The molecule has 130 valence electrons. The Kier molecular flexibility index (Phi) is 6.95. The molecule has 23 heavy (non-hydrogen) atoms. The first kappa shape index (κ1) is 19.8. The van der Waals surface area contributed by atoms with E-state index in [0.29, 0.717) is 37.6 Å². The van der Waals surface area contributed by atoms with Gasteiger partial charge in [0.2, 0.25) is 5.78 Å². The van der Waals surface area contributed by atoms with E-state index in [1.54, 1.807) is 0 Å². The van der Waals surface area contributed by atoms with Crippen LogP contribution in [0.15, 0.2) is 12.1 Å². The molecule has 1 aromatic rings. The van der Waals surface area contributed by atoms with Gasteiger partial charge in [0, 0.05) is 12.5 Å². The van der Waals surface area contributed by atoms with Gasteiger partial charge in [0.05, 0.1) is 0 Å². The molecule has 8 heteroatoms. The van der Waals surface area contributed by atoms with Crippen molar-refractivity contribution in [2.45, 2.75) is 37.8 Å². The summed E-state index contributed by atoms with van der Waals surface area (Å²) in [4.78, 5) is 10.9. The van der Waals surface area contributed by atoms with Crippen LogP contribution < -0.4 is 5.32 Å². The Balaban J connectivity index is 0.00000264. The molecular formula is C15H17ClF5NO. The minimum absolute atomic E-state index is 0. The van der Waals surface area contributed by atoms with Gasteiger partial charge in [-0.3, -0.25) is 4.79 Å². The highest BCUT2D eigenvalue weighted by molar-refractivity contribution is 5.85. The van der Waals surface area contributed by atoms with Gasteiger partial charge in [0.15, 0.2) is 0 Å². The van der Waals surface area contributed by atoms with Crippen LogP contribution in [0.25, 0.3) is 0 Å². The second-order valence-corrected chi connectivity index (χ2v) is 5.41. The third-order valence-electron chi connectivity index (χ3n) is 3.88. The highest BCUT2D eigenvalue weighted by Gasteiger charge is 2.37. The molecular weight excluding hydrogens is 341 g/mol. The van der Waals surface area contributed by atoms with Crippen LogP contribution in [0.5, 0.6) is 0 Å². The summed E-state index contributed by atoms with van der Waals surface area (Å²) in [5, 5.41) is 3.12. The standard InChI is InChI=1S/C15H16F5NO.ClH/c16-12-8-13(17)11(9-3-5-21-6-4-9)7-10(12)1-2-14(22)15(18,19)20;/h7-9,21H,1-6H2;1H.